The Morgan fingerprint density at radius 1 is 1.38 bits per heavy atom. The fraction of sp³-hybridized carbons (Fsp3) is 0.818. The predicted octanol–water partition coefficient (Wildman–Crippen LogP) is 1.01. The summed E-state index contributed by atoms with van der Waals surface area (Å²) in [6.45, 7) is 7.16. The Hall–Kier alpha value is -1.10. The molecule has 0 aromatic carbocycles. The monoisotopic (exact) mass is 231 g/mol. The summed E-state index contributed by atoms with van der Waals surface area (Å²) in [5.74, 6) is -3.31. The van der Waals surface area contributed by atoms with Gasteiger partial charge < -0.3 is 15.6 Å². The van der Waals surface area contributed by atoms with Gasteiger partial charge in [0.25, 0.3) is 0 Å². The van der Waals surface area contributed by atoms with E-state index in [2.05, 4.69) is 0 Å². The van der Waals surface area contributed by atoms with Crippen LogP contribution in [0.1, 0.15) is 34.1 Å². The van der Waals surface area contributed by atoms with Gasteiger partial charge in [0.2, 0.25) is 0 Å². The molecule has 0 aromatic rings. The van der Waals surface area contributed by atoms with E-state index in [0.717, 1.165) is 0 Å². The Morgan fingerprint density at radius 3 is 2.19 bits per heavy atom. The minimum Gasteiger partial charge on any atom is -0.481 e. The lowest BCUT2D eigenvalue weighted by Crippen LogP contribution is -2.36. The number of ether oxygens (including phenoxy) is 1. The number of carbonyl (C=O) groups excluding carboxylic acids is 1. The van der Waals surface area contributed by atoms with Gasteiger partial charge in [-0.05, 0) is 39.7 Å². The van der Waals surface area contributed by atoms with Crippen LogP contribution in [0.3, 0.4) is 0 Å². The van der Waals surface area contributed by atoms with Gasteiger partial charge in [0, 0.05) is 0 Å². The Bertz CT molecular complexity index is 257. The lowest BCUT2D eigenvalue weighted by molar-refractivity contribution is -0.169. The standard InChI is InChI=1S/C11H21NO4/c1-7(5-6-12)8(9(13)14)10(15)16-11(2,3)4/h7-8H,5-6,12H2,1-4H3,(H,13,14). The van der Waals surface area contributed by atoms with E-state index in [1.807, 2.05) is 0 Å². The summed E-state index contributed by atoms with van der Waals surface area (Å²) in [6, 6.07) is 0. The summed E-state index contributed by atoms with van der Waals surface area (Å²) < 4.78 is 5.07. The second kappa shape index (κ2) is 5.84. The minimum atomic E-state index is -1.16. The Labute approximate surface area is 96.0 Å². The lowest BCUT2D eigenvalue weighted by Gasteiger charge is -2.24. The molecule has 0 aliphatic carbocycles. The van der Waals surface area contributed by atoms with Crippen molar-refractivity contribution in [3.05, 3.63) is 0 Å². The largest absolute Gasteiger partial charge is 0.481 e. The maximum atomic E-state index is 11.7. The first kappa shape index (κ1) is 14.9. The molecule has 0 rings (SSSR count). The number of hydrogen-bond donors (Lipinski definition) is 2. The van der Waals surface area contributed by atoms with Gasteiger partial charge >= 0.3 is 11.9 Å². The molecule has 0 spiro atoms. The average Bonchev–Trinajstić information content (AvgIpc) is 1.99. The Balaban J connectivity index is 4.66. The average molecular weight is 231 g/mol. The molecule has 5 nitrogen and oxygen atoms in total. The van der Waals surface area contributed by atoms with Crippen molar-refractivity contribution in [2.24, 2.45) is 17.6 Å². The predicted molar refractivity (Wildman–Crippen MR) is 59.8 cm³/mol. The summed E-state index contributed by atoms with van der Waals surface area (Å²) in [7, 11) is 0. The maximum absolute atomic E-state index is 11.7. The van der Waals surface area contributed by atoms with Crippen LogP contribution in [0.15, 0.2) is 0 Å². The van der Waals surface area contributed by atoms with Gasteiger partial charge in [-0.1, -0.05) is 6.92 Å². The molecule has 0 saturated carbocycles. The summed E-state index contributed by atoms with van der Waals surface area (Å²) in [5, 5.41) is 9.00. The third-order valence-electron chi connectivity index (χ3n) is 2.12. The highest BCUT2D eigenvalue weighted by Gasteiger charge is 2.35. The Kier molecular flexibility index (Phi) is 5.44. The van der Waals surface area contributed by atoms with Crippen LogP contribution in [0.5, 0.6) is 0 Å². The first-order chi connectivity index (χ1) is 7.19. The number of esters is 1. The van der Waals surface area contributed by atoms with E-state index in [4.69, 9.17) is 15.6 Å². The van der Waals surface area contributed by atoms with E-state index in [-0.39, 0.29) is 5.92 Å². The molecular formula is C11H21NO4. The third-order valence-corrected chi connectivity index (χ3v) is 2.12. The molecule has 94 valence electrons. The molecular weight excluding hydrogens is 210 g/mol. The lowest BCUT2D eigenvalue weighted by atomic mass is 9.91. The molecule has 0 aliphatic heterocycles. The third kappa shape index (κ3) is 5.11. The second-order valence-electron chi connectivity index (χ2n) is 4.90. The van der Waals surface area contributed by atoms with Crippen molar-refractivity contribution in [1.29, 1.82) is 0 Å². The van der Waals surface area contributed by atoms with Crippen molar-refractivity contribution in [2.75, 3.05) is 6.54 Å². The molecule has 0 amide bonds. The van der Waals surface area contributed by atoms with Crippen LogP contribution in [0.4, 0.5) is 0 Å². The minimum absolute atomic E-state index is 0.322. The molecule has 16 heavy (non-hydrogen) atoms. The Morgan fingerprint density at radius 2 is 1.88 bits per heavy atom. The van der Waals surface area contributed by atoms with Crippen molar-refractivity contribution < 1.29 is 19.4 Å². The molecule has 0 saturated heterocycles. The van der Waals surface area contributed by atoms with Crippen LogP contribution in [0, 0.1) is 11.8 Å². The smallest absolute Gasteiger partial charge is 0.321 e. The van der Waals surface area contributed by atoms with Crippen LogP contribution < -0.4 is 5.73 Å². The summed E-state index contributed by atoms with van der Waals surface area (Å²) in [4.78, 5) is 22.7. The zero-order valence-electron chi connectivity index (χ0n) is 10.3. The van der Waals surface area contributed by atoms with E-state index < -0.39 is 23.5 Å². The molecule has 0 heterocycles. The van der Waals surface area contributed by atoms with Crippen molar-refractivity contribution in [3.63, 3.8) is 0 Å². The topological polar surface area (TPSA) is 89.6 Å². The van der Waals surface area contributed by atoms with Crippen LogP contribution in [0.2, 0.25) is 0 Å². The fourth-order valence-electron chi connectivity index (χ4n) is 1.37. The molecule has 0 fully saturated rings. The second-order valence-corrected chi connectivity index (χ2v) is 4.90. The van der Waals surface area contributed by atoms with Crippen LogP contribution in [0.25, 0.3) is 0 Å². The molecule has 0 aromatic heterocycles. The summed E-state index contributed by atoms with van der Waals surface area (Å²) in [6.07, 6.45) is 0.482. The first-order valence-electron chi connectivity index (χ1n) is 5.34. The SMILES string of the molecule is CC(CCN)C(C(=O)O)C(=O)OC(C)(C)C. The number of carboxylic acids is 1. The van der Waals surface area contributed by atoms with Crippen molar-refractivity contribution in [2.45, 2.75) is 39.7 Å². The molecule has 0 bridgehead atoms. The highest BCUT2D eigenvalue weighted by Crippen LogP contribution is 2.20. The van der Waals surface area contributed by atoms with Gasteiger partial charge in [-0.25, -0.2) is 0 Å². The summed E-state index contributed by atoms with van der Waals surface area (Å²) in [5.41, 5.74) is 4.68. The van der Waals surface area contributed by atoms with Crippen molar-refractivity contribution >= 4 is 11.9 Å². The van der Waals surface area contributed by atoms with Crippen LogP contribution >= 0.6 is 0 Å². The van der Waals surface area contributed by atoms with Crippen molar-refractivity contribution in [3.8, 4) is 0 Å². The molecule has 0 aliphatic rings. The van der Waals surface area contributed by atoms with Crippen LogP contribution in [-0.4, -0.2) is 29.2 Å². The first-order valence-corrected chi connectivity index (χ1v) is 5.34. The van der Waals surface area contributed by atoms with Gasteiger partial charge in [-0.3, -0.25) is 9.59 Å². The van der Waals surface area contributed by atoms with E-state index >= 15 is 0 Å². The molecule has 5 heteroatoms. The summed E-state index contributed by atoms with van der Waals surface area (Å²) >= 11 is 0. The van der Waals surface area contributed by atoms with E-state index in [1.165, 1.54) is 0 Å². The van der Waals surface area contributed by atoms with E-state index in [1.54, 1.807) is 27.7 Å². The number of carboxylic acid groups (broad SMARTS) is 1. The zero-order valence-corrected chi connectivity index (χ0v) is 10.3. The number of nitrogens with two attached hydrogens (primary N) is 1. The van der Waals surface area contributed by atoms with Crippen molar-refractivity contribution in [1.82, 2.24) is 0 Å². The number of rotatable bonds is 5. The highest BCUT2D eigenvalue weighted by molar-refractivity contribution is 5.94. The van der Waals surface area contributed by atoms with Gasteiger partial charge in [-0.2, -0.15) is 0 Å². The molecule has 3 N–H and O–H groups in total. The van der Waals surface area contributed by atoms with Crippen LogP contribution in [-0.2, 0) is 14.3 Å². The fourth-order valence-corrected chi connectivity index (χ4v) is 1.37. The number of carbonyl (C=O) groups is 2. The zero-order chi connectivity index (χ0) is 12.9. The maximum Gasteiger partial charge on any atom is 0.321 e. The highest BCUT2D eigenvalue weighted by atomic mass is 16.6. The molecule has 2 atom stereocenters. The van der Waals surface area contributed by atoms with Gasteiger partial charge in [0.1, 0.15) is 5.60 Å². The van der Waals surface area contributed by atoms with E-state index in [0.29, 0.717) is 13.0 Å². The van der Waals surface area contributed by atoms with Gasteiger partial charge in [0.05, 0.1) is 0 Å². The van der Waals surface area contributed by atoms with Gasteiger partial charge in [-0.15, -0.1) is 0 Å². The van der Waals surface area contributed by atoms with E-state index in [9.17, 15) is 9.59 Å². The number of hydrogen-bond acceptors (Lipinski definition) is 4. The molecule has 0 radical (unpaired) electrons. The quantitative estimate of drug-likeness (QED) is 0.544. The normalized spacial score (nSPS) is 15.3. The van der Waals surface area contributed by atoms with Gasteiger partial charge in [0.15, 0.2) is 5.92 Å². The number of aliphatic carboxylic acids is 1. The molecule has 2 unspecified atom stereocenters.